The molecular weight excluding hydrogens is 314 g/mol. The van der Waals surface area contributed by atoms with Crippen molar-refractivity contribution in [2.75, 3.05) is 26.7 Å². The predicted molar refractivity (Wildman–Crippen MR) is 88.4 cm³/mol. The first-order valence-corrected chi connectivity index (χ1v) is 8.17. The van der Waals surface area contributed by atoms with E-state index in [9.17, 15) is 0 Å². The molecular formula is C16H22BrN3. The summed E-state index contributed by atoms with van der Waals surface area (Å²) < 4.78 is 1.13. The van der Waals surface area contributed by atoms with Gasteiger partial charge in [0.25, 0.3) is 0 Å². The summed E-state index contributed by atoms with van der Waals surface area (Å²) in [6.07, 6.45) is 2.15. The predicted octanol–water partition coefficient (Wildman–Crippen LogP) is 2.94. The molecule has 0 aliphatic carbocycles. The van der Waals surface area contributed by atoms with Crippen LogP contribution in [0.4, 0.5) is 0 Å². The number of aromatic nitrogens is 1. The molecule has 20 heavy (non-hydrogen) atoms. The second-order valence-electron chi connectivity index (χ2n) is 5.77. The monoisotopic (exact) mass is 335 g/mol. The minimum Gasteiger partial charge on any atom is -0.349 e. The Bertz CT molecular complexity index is 605. The quantitative estimate of drug-likeness (QED) is 0.903. The fourth-order valence-electron chi connectivity index (χ4n) is 3.06. The van der Waals surface area contributed by atoms with E-state index < -0.39 is 0 Å². The molecule has 3 rings (SSSR count). The van der Waals surface area contributed by atoms with E-state index in [4.69, 9.17) is 0 Å². The molecule has 0 radical (unpaired) electrons. The number of H-pyrrole nitrogens is 1. The van der Waals surface area contributed by atoms with Gasteiger partial charge in [-0.1, -0.05) is 13.0 Å². The van der Waals surface area contributed by atoms with Gasteiger partial charge in [-0.25, -0.2) is 0 Å². The third-order valence-corrected chi connectivity index (χ3v) is 4.91. The average Bonchev–Trinajstić information content (AvgIpc) is 2.74. The van der Waals surface area contributed by atoms with Gasteiger partial charge in [0.2, 0.25) is 0 Å². The van der Waals surface area contributed by atoms with Crippen LogP contribution < -0.4 is 5.32 Å². The van der Waals surface area contributed by atoms with Crippen molar-refractivity contribution in [1.82, 2.24) is 15.2 Å². The van der Waals surface area contributed by atoms with Crippen LogP contribution in [0.1, 0.15) is 18.1 Å². The molecule has 2 aromatic rings. The normalized spacial score (nSPS) is 20.6. The number of benzene rings is 1. The molecule has 1 aliphatic heterocycles. The number of nitrogens with one attached hydrogen (secondary N) is 2. The summed E-state index contributed by atoms with van der Waals surface area (Å²) in [6, 6.07) is 7.28. The topological polar surface area (TPSA) is 31.1 Å². The molecule has 3 nitrogen and oxygen atoms in total. The summed E-state index contributed by atoms with van der Waals surface area (Å²) in [5.74, 6) is 0. The van der Waals surface area contributed by atoms with Gasteiger partial charge in [-0.3, -0.25) is 0 Å². The molecule has 1 fully saturated rings. The van der Waals surface area contributed by atoms with Crippen molar-refractivity contribution >= 4 is 26.8 Å². The van der Waals surface area contributed by atoms with Crippen LogP contribution >= 0.6 is 15.9 Å². The van der Waals surface area contributed by atoms with Crippen LogP contribution in [0, 0.1) is 0 Å². The number of nitrogens with zero attached hydrogens (tertiary/aromatic N) is 1. The Kier molecular flexibility index (Phi) is 4.15. The van der Waals surface area contributed by atoms with Gasteiger partial charge in [0.05, 0.1) is 4.60 Å². The van der Waals surface area contributed by atoms with Crippen LogP contribution in [-0.4, -0.2) is 42.6 Å². The third kappa shape index (κ3) is 2.78. The zero-order valence-electron chi connectivity index (χ0n) is 12.2. The van der Waals surface area contributed by atoms with Crippen LogP contribution in [0.15, 0.2) is 22.8 Å². The summed E-state index contributed by atoms with van der Waals surface area (Å²) in [6.45, 7) is 5.56. The largest absolute Gasteiger partial charge is 0.349 e. The Labute approximate surface area is 128 Å². The molecule has 1 saturated heterocycles. The maximum Gasteiger partial charge on any atom is 0.0864 e. The second kappa shape index (κ2) is 5.88. The molecule has 0 saturated carbocycles. The highest BCUT2D eigenvalue weighted by Gasteiger charge is 2.20. The lowest BCUT2D eigenvalue weighted by Gasteiger charge is -2.31. The number of hydrogen-bond donors (Lipinski definition) is 2. The van der Waals surface area contributed by atoms with E-state index in [1.807, 2.05) is 0 Å². The fourth-order valence-corrected chi connectivity index (χ4v) is 3.65. The fraction of sp³-hybridized carbons (Fsp3) is 0.500. The van der Waals surface area contributed by atoms with Crippen LogP contribution in [0.3, 0.4) is 0 Å². The van der Waals surface area contributed by atoms with Gasteiger partial charge < -0.3 is 15.2 Å². The highest BCUT2D eigenvalue weighted by Crippen LogP contribution is 2.29. The first-order valence-electron chi connectivity index (χ1n) is 7.38. The van der Waals surface area contributed by atoms with Crippen LogP contribution in [-0.2, 0) is 12.8 Å². The van der Waals surface area contributed by atoms with E-state index in [1.54, 1.807) is 0 Å². The molecule has 0 amide bonds. The van der Waals surface area contributed by atoms with Gasteiger partial charge in [0.15, 0.2) is 0 Å². The van der Waals surface area contributed by atoms with E-state index in [0.717, 1.165) is 37.1 Å². The van der Waals surface area contributed by atoms with Crippen LogP contribution in [0.2, 0.25) is 0 Å². The molecule has 1 aliphatic rings. The summed E-state index contributed by atoms with van der Waals surface area (Å²) in [4.78, 5) is 5.86. The molecule has 1 aromatic carbocycles. The third-order valence-electron chi connectivity index (χ3n) is 4.24. The molecule has 108 valence electrons. The van der Waals surface area contributed by atoms with E-state index in [1.165, 1.54) is 22.0 Å². The van der Waals surface area contributed by atoms with Crippen molar-refractivity contribution < 1.29 is 0 Å². The van der Waals surface area contributed by atoms with Crippen molar-refractivity contribution in [3.63, 3.8) is 0 Å². The number of hydrogen-bond acceptors (Lipinski definition) is 2. The van der Waals surface area contributed by atoms with Crippen molar-refractivity contribution in [3.05, 3.63) is 33.9 Å². The SMILES string of the molecule is CCc1ccc2[nH]c(Br)c(CC3CN(C)CCN3)c2c1. The molecule has 1 unspecified atom stereocenters. The number of rotatable bonds is 3. The zero-order chi connectivity index (χ0) is 14.1. The molecule has 0 bridgehead atoms. The highest BCUT2D eigenvalue weighted by molar-refractivity contribution is 9.10. The van der Waals surface area contributed by atoms with Gasteiger partial charge in [-0.05, 0) is 59.1 Å². The van der Waals surface area contributed by atoms with Gasteiger partial charge in [-0.2, -0.15) is 0 Å². The summed E-state index contributed by atoms with van der Waals surface area (Å²) in [5, 5.41) is 5.00. The number of halogens is 1. The van der Waals surface area contributed by atoms with Crippen molar-refractivity contribution in [1.29, 1.82) is 0 Å². The summed E-state index contributed by atoms with van der Waals surface area (Å²) in [5.41, 5.74) is 4.04. The van der Waals surface area contributed by atoms with E-state index in [-0.39, 0.29) is 0 Å². The van der Waals surface area contributed by atoms with Crippen molar-refractivity contribution in [2.45, 2.75) is 25.8 Å². The molecule has 1 aromatic heterocycles. The standard InChI is InChI=1S/C16H22BrN3/c1-3-11-4-5-15-13(8-11)14(16(17)19-15)9-12-10-20(2)7-6-18-12/h4-5,8,12,18-19H,3,6-7,9-10H2,1-2H3. The van der Waals surface area contributed by atoms with Crippen molar-refractivity contribution in [3.8, 4) is 0 Å². The number of fused-ring (bicyclic) bond motifs is 1. The van der Waals surface area contributed by atoms with E-state index >= 15 is 0 Å². The summed E-state index contributed by atoms with van der Waals surface area (Å²) >= 11 is 3.70. The Balaban J connectivity index is 1.91. The molecule has 2 N–H and O–H groups in total. The van der Waals surface area contributed by atoms with Gasteiger partial charge in [0, 0.05) is 36.6 Å². The van der Waals surface area contributed by atoms with E-state index in [0.29, 0.717) is 6.04 Å². The summed E-state index contributed by atoms with van der Waals surface area (Å²) in [7, 11) is 2.20. The molecule has 2 heterocycles. The first kappa shape index (κ1) is 14.1. The molecule has 4 heteroatoms. The number of likely N-dealkylation sites (N-methyl/N-ethyl adjacent to an activating group) is 1. The van der Waals surface area contributed by atoms with Gasteiger partial charge in [0.1, 0.15) is 0 Å². The van der Waals surface area contributed by atoms with Crippen molar-refractivity contribution in [2.24, 2.45) is 0 Å². The average molecular weight is 336 g/mol. The van der Waals surface area contributed by atoms with Crippen LogP contribution in [0.5, 0.6) is 0 Å². The van der Waals surface area contributed by atoms with Gasteiger partial charge >= 0.3 is 0 Å². The molecule has 0 spiro atoms. The maximum absolute atomic E-state index is 3.70. The van der Waals surface area contributed by atoms with Gasteiger partial charge in [-0.15, -0.1) is 0 Å². The second-order valence-corrected chi connectivity index (χ2v) is 6.56. The lowest BCUT2D eigenvalue weighted by atomic mass is 10.0. The highest BCUT2D eigenvalue weighted by atomic mass is 79.9. The Morgan fingerprint density at radius 2 is 2.25 bits per heavy atom. The maximum atomic E-state index is 3.70. The smallest absolute Gasteiger partial charge is 0.0864 e. The zero-order valence-corrected chi connectivity index (χ0v) is 13.8. The minimum atomic E-state index is 0.536. The minimum absolute atomic E-state index is 0.536. The lowest BCUT2D eigenvalue weighted by molar-refractivity contribution is 0.238. The number of aryl methyl sites for hydroxylation is 1. The lowest BCUT2D eigenvalue weighted by Crippen LogP contribution is -2.49. The Morgan fingerprint density at radius 1 is 1.40 bits per heavy atom. The Hall–Kier alpha value is -0.840. The number of piperazine rings is 1. The van der Waals surface area contributed by atoms with E-state index in [2.05, 4.69) is 63.3 Å². The van der Waals surface area contributed by atoms with Crippen LogP contribution in [0.25, 0.3) is 10.9 Å². The number of aromatic amines is 1. The molecule has 1 atom stereocenters. The Morgan fingerprint density at radius 3 is 3.00 bits per heavy atom. The first-order chi connectivity index (χ1) is 9.67.